The third kappa shape index (κ3) is 4.54. The van der Waals surface area contributed by atoms with Gasteiger partial charge in [0.15, 0.2) is 5.43 Å². The van der Waals surface area contributed by atoms with Crippen molar-refractivity contribution in [3.05, 3.63) is 112 Å². The molecule has 0 bridgehead atoms. The summed E-state index contributed by atoms with van der Waals surface area (Å²) in [5.41, 5.74) is 6.38. The third-order valence-electron chi connectivity index (χ3n) is 6.70. The smallest absolute Gasteiger partial charge is 0.337 e. The minimum atomic E-state index is -1.01. The molecular formula is C31H28N2O4. The Kier molecular flexibility index (Phi) is 6.17. The van der Waals surface area contributed by atoms with Gasteiger partial charge in [-0.1, -0.05) is 42.5 Å². The molecule has 37 heavy (non-hydrogen) atoms. The average Bonchev–Trinajstić information content (AvgIpc) is 3.32. The monoisotopic (exact) mass is 492 g/mol. The highest BCUT2D eigenvalue weighted by Gasteiger charge is 2.20. The van der Waals surface area contributed by atoms with Gasteiger partial charge in [-0.05, 0) is 61.7 Å². The summed E-state index contributed by atoms with van der Waals surface area (Å²) in [6, 6.07) is 20.3. The third-order valence-corrected chi connectivity index (χ3v) is 6.70. The van der Waals surface area contributed by atoms with Crippen LogP contribution in [0.15, 0.2) is 88.3 Å². The minimum Gasteiger partial charge on any atom is -0.478 e. The molecule has 6 nitrogen and oxygen atoms in total. The molecule has 5 aromatic rings. The number of benzene rings is 3. The van der Waals surface area contributed by atoms with E-state index in [2.05, 4.69) is 17.6 Å². The predicted octanol–water partition coefficient (Wildman–Crippen LogP) is 6.95. The number of aromatic nitrogens is 1. The van der Waals surface area contributed by atoms with E-state index in [0.29, 0.717) is 28.0 Å². The van der Waals surface area contributed by atoms with E-state index in [4.69, 9.17) is 4.42 Å². The fourth-order valence-corrected chi connectivity index (χ4v) is 4.76. The van der Waals surface area contributed by atoms with Crippen LogP contribution in [-0.4, -0.2) is 15.6 Å². The molecule has 0 saturated carbocycles. The van der Waals surface area contributed by atoms with Crippen molar-refractivity contribution in [2.45, 2.75) is 26.8 Å². The van der Waals surface area contributed by atoms with Gasteiger partial charge in [0.2, 0.25) is 0 Å². The molecule has 186 valence electrons. The molecule has 5 rings (SSSR count). The van der Waals surface area contributed by atoms with Gasteiger partial charge in [-0.3, -0.25) is 4.79 Å². The van der Waals surface area contributed by atoms with Crippen molar-refractivity contribution in [3.8, 4) is 22.5 Å². The minimum absolute atomic E-state index is 0.0773. The van der Waals surface area contributed by atoms with E-state index >= 15 is 0 Å². The van der Waals surface area contributed by atoms with Gasteiger partial charge in [0.05, 0.1) is 17.0 Å². The molecular weight excluding hydrogens is 464 g/mol. The molecule has 0 aliphatic carbocycles. The van der Waals surface area contributed by atoms with Crippen LogP contribution in [0.25, 0.3) is 33.4 Å². The van der Waals surface area contributed by atoms with Crippen molar-refractivity contribution in [2.75, 3.05) is 5.32 Å². The summed E-state index contributed by atoms with van der Waals surface area (Å²) in [6.45, 7) is 5.66. The van der Waals surface area contributed by atoms with Crippen LogP contribution in [0, 0.1) is 13.8 Å². The topological polar surface area (TPSA) is 84.5 Å². The Hall–Kier alpha value is -4.58. The molecule has 1 atom stereocenters. The number of fused-ring (bicyclic) bond motifs is 1. The van der Waals surface area contributed by atoms with E-state index in [0.717, 1.165) is 27.8 Å². The Balaban J connectivity index is 1.60. The zero-order valence-corrected chi connectivity index (χ0v) is 21.2. The molecule has 0 saturated heterocycles. The van der Waals surface area contributed by atoms with Crippen molar-refractivity contribution >= 4 is 22.6 Å². The first kappa shape index (κ1) is 24.1. The highest BCUT2D eigenvalue weighted by Crippen LogP contribution is 2.33. The summed E-state index contributed by atoms with van der Waals surface area (Å²) >= 11 is 0. The lowest BCUT2D eigenvalue weighted by molar-refractivity contribution is 0.0698. The van der Waals surface area contributed by atoms with Crippen molar-refractivity contribution < 1.29 is 14.3 Å². The summed E-state index contributed by atoms with van der Waals surface area (Å²) in [6.07, 6.45) is 4.06. The SMILES string of the molecule is Cc1cc(C(C)Nc2ccccc2C(=O)O)c2oc(-c3ccc(-c4ccn(C)c4)cc3)c(C)c(=O)c2c1. The molecule has 2 N–H and O–H groups in total. The number of aromatic carboxylic acids is 1. The second-order valence-corrected chi connectivity index (χ2v) is 9.48. The molecule has 0 amide bonds. The summed E-state index contributed by atoms with van der Waals surface area (Å²) in [4.78, 5) is 25.2. The number of carbonyl (C=O) groups is 1. The number of rotatable bonds is 6. The number of hydrogen-bond donors (Lipinski definition) is 2. The largest absolute Gasteiger partial charge is 0.478 e. The molecule has 2 aromatic heterocycles. The van der Waals surface area contributed by atoms with Gasteiger partial charge in [-0.15, -0.1) is 0 Å². The molecule has 6 heteroatoms. The maximum absolute atomic E-state index is 13.5. The summed E-state index contributed by atoms with van der Waals surface area (Å²) in [7, 11) is 1.99. The maximum Gasteiger partial charge on any atom is 0.337 e. The lowest BCUT2D eigenvalue weighted by atomic mass is 9.98. The fraction of sp³-hybridized carbons (Fsp3) is 0.161. The van der Waals surface area contributed by atoms with Crippen LogP contribution in [-0.2, 0) is 7.05 Å². The van der Waals surface area contributed by atoms with Gasteiger partial charge < -0.3 is 19.4 Å². The number of carboxylic acid groups (broad SMARTS) is 1. The van der Waals surface area contributed by atoms with Crippen LogP contribution in [0.5, 0.6) is 0 Å². The van der Waals surface area contributed by atoms with Crippen LogP contribution in [0.2, 0.25) is 0 Å². The lowest BCUT2D eigenvalue weighted by Crippen LogP contribution is -2.14. The van der Waals surface area contributed by atoms with Crippen molar-refractivity contribution in [3.63, 3.8) is 0 Å². The number of aryl methyl sites for hydroxylation is 2. The number of nitrogens with zero attached hydrogens (tertiary/aromatic N) is 1. The average molecular weight is 493 g/mol. The molecule has 0 radical (unpaired) electrons. The van der Waals surface area contributed by atoms with Gasteiger partial charge in [-0.25, -0.2) is 4.79 Å². The Morgan fingerprint density at radius 3 is 2.35 bits per heavy atom. The van der Waals surface area contributed by atoms with E-state index in [1.54, 1.807) is 31.2 Å². The second kappa shape index (κ2) is 9.47. The van der Waals surface area contributed by atoms with Gasteiger partial charge in [0, 0.05) is 41.8 Å². The molecule has 0 aliphatic heterocycles. The Morgan fingerprint density at radius 1 is 0.973 bits per heavy atom. The van der Waals surface area contributed by atoms with E-state index in [1.165, 1.54) is 0 Å². The highest BCUT2D eigenvalue weighted by molar-refractivity contribution is 5.94. The lowest BCUT2D eigenvalue weighted by Gasteiger charge is -2.20. The van der Waals surface area contributed by atoms with Gasteiger partial charge in [0.1, 0.15) is 11.3 Å². The maximum atomic E-state index is 13.5. The Morgan fingerprint density at radius 2 is 1.68 bits per heavy atom. The molecule has 0 fully saturated rings. The molecule has 1 unspecified atom stereocenters. The van der Waals surface area contributed by atoms with Crippen LogP contribution in [0.1, 0.15) is 40.0 Å². The van der Waals surface area contributed by atoms with Gasteiger partial charge >= 0.3 is 5.97 Å². The van der Waals surface area contributed by atoms with Gasteiger partial charge in [-0.2, -0.15) is 0 Å². The highest BCUT2D eigenvalue weighted by atomic mass is 16.4. The van der Waals surface area contributed by atoms with Crippen molar-refractivity contribution in [1.29, 1.82) is 0 Å². The predicted molar refractivity (Wildman–Crippen MR) is 147 cm³/mol. The first-order chi connectivity index (χ1) is 17.7. The molecule has 0 spiro atoms. The zero-order valence-electron chi connectivity index (χ0n) is 21.2. The number of nitrogens with one attached hydrogen (secondary N) is 1. The number of carboxylic acids is 1. The second-order valence-electron chi connectivity index (χ2n) is 9.48. The van der Waals surface area contributed by atoms with Crippen LogP contribution in [0.4, 0.5) is 5.69 Å². The molecule has 3 aromatic carbocycles. The standard InChI is InChI=1S/C31H28N2O4/c1-18-15-25(20(3)32-27-8-6-5-7-24(27)31(35)36)30-26(16-18)28(34)19(2)29(37-30)22-11-9-21(10-12-22)23-13-14-33(4)17-23/h5-17,20,32H,1-4H3,(H,35,36). The first-order valence-electron chi connectivity index (χ1n) is 12.1. The quantitative estimate of drug-likeness (QED) is 0.268. The van der Waals surface area contributed by atoms with E-state index < -0.39 is 5.97 Å². The summed E-state index contributed by atoms with van der Waals surface area (Å²) < 4.78 is 8.47. The normalized spacial score (nSPS) is 12.0. The van der Waals surface area contributed by atoms with Crippen molar-refractivity contribution in [2.24, 2.45) is 7.05 Å². The molecule has 2 heterocycles. The number of hydrogen-bond acceptors (Lipinski definition) is 4. The van der Waals surface area contributed by atoms with Gasteiger partial charge in [0.25, 0.3) is 0 Å². The van der Waals surface area contributed by atoms with E-state index in [9.17, 15) is 14.7 Å². The Bertz CT molecular complexity index is 1690. The van der Waals surface area contributed by atoms with Crippen LogP contribution < -0.4 is 10.7 Å². The van der Waals surface area contributed by atoms with E-state index in [1.807, 2.05) is 68.1 Å². The zero-order chi connectivity index (χ0) is 26.3. The first-order valence-corrected chi connectivity index (χ1v) is 12.1. The van der Waals surface area contributed by atoms with Crippen molar-refractivity contribution in [1.82, 2.24) is 4.57 Å². The van der Waals surface area contributed by atoms with E-state index in [-0.39, 0.29) is 17.0 Å². The van der Waals surface area contributed by atoms with Crippen LogP contribution in [0.3, 0.4) is 0 Å². The van der Waals surface area contributed by atoms with Crippen LogP contribution >= 0.6 is 0 Å². The summed E-state index contributed by atoms with van der Waals surface area (Å²) in [5, 5.41) is 13.4. The molecule has 0 aliphatic rings. The number of anilines is 1. The fourth-order valence-electron chi connectivity index (χ4n) is 4.76. The number of para-hydroxylation sites is 1. The summed E-state index contributed by atoms with van der Waals surface area (Å²) in [5.74, 6) is -0.479. The Labute approximate surface area is 214 Å².